The number of hydrogen-bond donors (Lipinski definition) is 2. The van der Waals surface area contributed by atoms with E-state index < -0.39 is 27.8 Å². The van der Waals surface area contributed by atoms with E-state index in [1.54, 1.807) is 0 Å². The van der Waals surface area contributed by atoms with Crippen LogP contribution in [0.15, 0.2) is 12.7 Å². The van der Waals surface area contributed by atoms with Crippen molar-refractivity contribution in [2.24, 2.45) is 0 Å². The zero-order valence-corrected chi connectivity index (χ0v) is 6.41. The van der Waals surface area contributed by atoms with Crippen molar-refractivity contribution in [1.82, 2.24) is 0 Å². The lowest BCUT2D eigenvalue weighted by Crippen LogP contribution is -2.27. The van der Waals surface area contributed by atoms with Crippen molar-refractivity contribution in [3.8, 4) is 0 Å². The second-order valence-electron chi connectivity index (χ2n) is 1.87. The second kappa shape index (κ2) is 3.61. The molecule has 0 heterocycles. The van der Waals surface area contributed by atoms with Crippen LogP contribution in [0.2, 0.25) is 0 Å². The molecule has 5 nitrogen and oxygen atoms in total. The van der Waals surface area contributed by atoms with Gasteiger partial charge in [0.25, 0.3) is 10.1 Å². The van der Waals surface area contributed by atoms with Crippen LogP contribution in [-0.4, -0.2) is 35.7 Å². The maximum absolute atomic E-state index is 10.4. The van der Waals surface area contributed by atoms with Gasteiger partial charge in [-0.05, 0) is 6.08 Å². The number of rotatable bonds is 4. The fourth-order valence-electron chi connectivity index (χ4n) is 0.418. The van der Waals surface area contributed by atoms with Crippen molar-refractivity contribution < 1.29 is 22.9 Å². The Bertz CT molecular complexity index is 252. The molecule has 1 atom stereocenters. The third-order valence-electron chi connectivity index (χ3n) is 0.898. The Kier molecular flexibility index (Phi) is 3.37. The van der Waals surface area contributed by atoms with Gasteiger partial charge in [0.1, 0.15) is 11.9 Å². The number of ketones is 1. The Morgan fingerprint density at radius 2 is 2.09 bits per heavy atom. The third-order valence-corrected chi connectivity index (χ3v) is 1.64. The molecule has 11 heavy (non-hydrogen) atoms. The zero-order valence-electron chi connectivity index (χ0n) is 5.60. The van der Waals surface area contributed by atoms with Crippen LogP contribution < -0.4 is 0 Å². The highest BCUT2D eigenvalue weighted by Crippen LogP contribution is 1.92. The normalized spacial score (nSPS) is 14.0. The molecule has 1 unspecified atom stereocenters. The van der Waals surface area contributed by atoms with Gasteiger partial charge in [-0.2, -0.15) is 8.42 Å². The van der Waals surface area contributed by atoms with E-state index in [9.17, 15) is 13.2 Å². The first kappa shape index (κ1) is 10.3. The van der Waals surface area contributed by atoms with E-state index in [0.717, 1.165) is 6.08 Å². The van der Waals surface area contributed by atoms with Crippen LogP contribution in [0, 0.1) is 0 Å². The topological polar surface area (TPSA) is 91.7 Å². The van der Waals surface area contributed by atoms with E-state index in [-0.39, 0.29) is 0 Å². The van der Waals surface area contributed by atoms with Gasteiger partial charge in [0, 0.05) is 0 Å². The molecular weight excluding hydrogens is 172 g/mol. The first-order chi connectivity index (χ1) is 4.87. The fraction of sp³-hybridized carbons (Fsp3) is 0.400. The maximum Gasteiger partial charge on any atom is 0.267 e. The van der Waals surface area contributed by atoms with E-state index in [4.69, 9.17) is 9.66 Å². The summed E-state index contributed by atoms with van der Waals surface area (Å²) in [6.45, 7) is 3.03. The Hall–Kier alpha value is -0.720. The number of aliphatic hydroxyl groups is 1. The van der Waals surface area contributed by atoms with Crippen LogP contribution >= 0.6 is 0 Å². The van der Waals surface area contributed by atoms with Gasteiger partial charge in [-0.1, -0.05) is 6.58 Å². The lowest BCUT2D eigenvalue weighted by atomic mass is 10.3. The summed E-state index contributed by atoms with van der Waals surface area (Å²) in [4.78, 5) is 10.4. The van der Waals surface area contributed by atoms with Gasteiger partial charge in [0.2, 0.25) is 0 Å². The molecule has 0 aromatic heterocycles. The molecule has 0 radical (unpaired) electrons. The van der Waals surface area contributed by atoms with Crippen molar-refractivity contribution >= 4 is 15.9 Å². The van der Waals surface area contributed by atoms with Crippen LogP contribution in [-0.2, 0) is 14.9 Å². The summed E-state index contributed by atoms with van der Waals surface area (Å²) in [5.41, 5.74) is 0. The molecule has 64 valence electrons. The van der Waals surface area contributed by atoms with Gasteiger partial charge in [0.15, 0.2) is 5.78 Å². The summed E-state index contributed by atoms with van der Waals surface area (Å²) in [6.07, 6.45) is -0.932. The molecule has 0 saturated heterocycles. The second-order valence-corrected chi connectivity index (χ2v) is 3.37. The molecule has 0 amide bonds. The Morgan fingerprint density at radius 3 is 2.36 bits per heavy atom. The van der Waals surface area contributed by atoms with Crippen LogP contribution in [0.4, 0.5) is 0 Å². The van der Waals surface area contributed by atoms with Gasteiger partial charge < -0.3 is 5.11 Å². The van der Waals surface area contributed by atoms with Gasteiger partial charge in [-0.3, -0.25) is 9.35 Å². The molecule has 0 aliphatic rings. The molecule has 6 heteroatoms. The predicted octanol–water partition coefficient (Wildman–Crippen LogP) is -1.01. The lowest BCUT2D eigenvalue weighted by molar-refractivity contribution is -0.121. The molecule has 0 rings (SSSR count). The standard InChI is InChI=1S/C5H8O5S/c1-2-4(6)5(7)3-11(8,9)10/h2,5,7H,1,3H2,(H,8,9,10). The Labute approximate surface area is 64.1 Å². The SMILES string of the molecule is C=CC(=O)C(O)CS(=O)(=O)O. The minimum absolute atomic E-state index is 0.788. The summed E-state index contributed by atoms with van der Waals surface area (Å²) in [7, 11) is -4.30. The van der Waals surface area contributed by atoms with E-state index in [0.29, 0.717) is 0 Å². The first-order valence-electron chi connectivity index (χ1n) is 2.66. The molecule has 2 N–H and O–H groups in total. The molecule has 0 saturated carbocycles. The molecule has 0 aromatic carbocycles. The van der Waals surface area contributed by atoms with E-state index >= 15 is 0 Å². The van der Waals surface area contributed by atoms with Crippen LogP contribution in [0.25, 0.3) is 0 Å². The van der Waals surface area contributed by atoms with Crippen molar-refractivity contribution in [1.29, 1.82) is 0 Å². The van der Waals surface area contributed by atoms with Crippen molar-refractivity contribution in [2.75, 3.05) is 5.75 Å². The molecule has 0 fully saturated rings. The summed E-state index contributed by atoms with van der Waals surface area (Å²) in [5.74, 6) is -1.82. The van der Waals surface area contributed by atoms with E-state index in [2.05, 4.69) is 6.58 Å². The predicted molar refractivity (Wildman–Crippen MR) is 37.6 cm³/mol. The van der Waals surface area contributed by atoms with Crippen molar-refractivity contribution in [2.45, 2.75) is 6.10 Å². The van der Waals surface area contributed by atoms with Crippen LogP contribution in [0.5, 0.6) is 0 Å². The summed E-state index contributed by atoms with van der Waals surface area (Å²) < 4.78 is 28.3. The highest BCUT2D eigenvalue weighted by atomic mass is 32.2. The molecule has 0 bridgehead atoms. The Balaban J connectivity index is 4.20. The molecule has 0 aliphatic heterocycles. The molecule has 0 aromatic rings. The number of aliphatic hydroxyl groups excluding tert-OH is 1. The van der Waals surface area contributed by atoms with Crippen molar-refractivity contribution in [3.63, 3.8) is 0 Å². The Morgan fingerprint density at radius 1 is 1.64 bits per heavy atom. The minimum atomic E-state index is -4.30. The van der Waals surface area contributed by atoms with Crippen LogP contribution in [0.1, 0.15) is 0 Å². The monoisotopic (exact) mass is 180 g/mol. The van der Waals surface area contributed by atoms with Gasteiger partial charge >= 0.3 is 0 Å². The lowest BCUT2D eigenvalue weighted by Gasteiger charge is -2.02. The summed E-state index contributed by atoms with van der Waals surface area (Å²) in [6, 6.07) is 0. The first-order valence-corrected chi connectivity index (χ1v) is 4.27. The number of hydrogen-bond acceptors (Lipinski definition) is 4. The number of carbonyl (C=O) groups is 1. The van der Waals surface area contributed by atoms with Crippen LogP contribution in [0.3, 0.4) is 0 Å². The molecule has 0 aliphatic carbocycles. The average Bonchev–Trinajstić information content (AvgIpc) is 1.82. The average molecular weight is 180 g/mol. The zero-order chi connectivity index (χ0) is 9.07. The highest BCUT2D eigenvalue weighted by Gasteiger charge is 2.18. The number of carbonyl (C=O) groups excluding carboxylic acids is 1. The van der Waals surface area contributed by atoms with Gasteiger partial charge in [-0.15, -0.1) is 0 Å². The molecule has 0 spiro atoms. The van der Waals surface area contributed by atoms with E-state index in [1.807, 2.05) is 0 Å². The summed E-state index contributed by atoms with van der Waals surface area (Å²) >= 11 is 0. The van der Waals surface area contributed by atoms with E-state index in [1.165, 1.54) is 0 Å². The van der Waals surface area contributed by atoms with Gasteiger partial charge in [0.05, 0.1) is 0 Å². The largest absolute Gasteiger partial charge is 0.384 e. The summed E-state index contributed by atoms with van der Waals surface area (Å²) in [5, 5.41) is 8.69. The van der Waals surface area contributed by atoms with Gasteiger partial charge in [-0.25, -0.2) is 0 Å². The third kappa shape index (κ3) is 4.65. The quantitative estimate of drug-likeness (QED) is 0.427. The highest BCUT2D eigenvalue weighted by molar-refractivity contribution is 7.85. The minimum Gasteiger partial charge on any atom is -0.384 e. The smallest absolute Gasteiger partial charge is 0.267 e. The maximum atomic E-state index is 10.4. The van der Waals surface area contributed by atoms with Crippen molar-refractivity contribution in [3.05, 3.63) is 12.7 Å². The fourth-order valence-corrected chi connectivity index (χ4v) is 0.981. The molecular formula is C5H8O5S.